The Morgan fingerprint density at radius 3 is 2.05 bits per heavy atom. The number of hydrogen-bond donors (Lipinski definition) is 0. The summed E-state index contributed by atoms with van der Waals surface area (Å²) in [6.07, 6.45) is 0.838. The van der Waals surface area contributed by atoms with Crippen LogP contribution >= 0.6 is 0 Å². The minimum Gasteiger partial charge on any atom is -0.378 e. The molecule has 2 saturated heterocycles. The maximum atomic E-state index is 13.3. The highest BCUT2D eigenvalue weighted by Gasteiger charge is 2.29. The molecule has 0 radical (unpaired) electrons. The van der Waals surface area contributed by atoms with Gasteiger partial charge < -0.3 is 14.4 Å². The zero-order valence-corrected chi connectivity index (χ0v) is 26.1. The molecule has 2 heterocycles. The van der Waals surface area contributed by atoms with Gasteiger partial charge in [-0.3, -0.25) is 4.90 Å². The van der Waals surface area contributed by atoms with Gasteiger partial charge >= 0.3 is 0 Å². The van der Waals surface area contributed by atoms with Crippen LogP contribution in [0, 0.1) is 0 Å². The Morgan fingerprint density at radius 1 is 0.810 bits per heavy atom. The van der Waals surface area contributed by atoms with Crippen molar-refractivity contribution < 1.29 is 17.9 Å². The van der Waals surface area contributed by atoms with Gasteiger partial charge in [0.05, 0.1) is 24.7 Å². The number of ether oxygens (including phenoxy) is 2. The van der Waals surface area contributed by atoms with Crippen molar-refractivity contribution in [2.24, 2.45) is 0 Å². The van der Waals surface area contributed by atoms with Crippen LogP contribution in [0.25, 0.3) is 0 Å². The highest BCUT2D eigenvalue weighted by atomic mass is 32.2. The van der Waals surface area contributed by atoms with Crippen LogP contribution in [0.1, 0.15) is 50.0 Å². The van der Waals surface area contributed by atoms with E-state index in [0.29, 0.717) is 37.7 Å². The largest absolute Gasteiger partial charge is 0.378 e. The Balaban J connectivity index is 1.16. The number of nitrogens with zero attached hydrogens (tertiary/aromatic N) is 3. The molecule has 2 aliphatic rings. The molecule has 2 fully saturated rings. The van der Waals surface area contributed by atoms with E-state index in [9.17, 15) is 8.42 Å². The Morgan fingerprint density at radius 2 is 1.43 bits per heavy atom. The molecule has 1 atom stereocenters. The Labute approximate surface area is 252 Å². The van der Waals surface area contributed by atoms with Crippen molar-refractivity contribution in [3.8, 4) is 0 Å². The summed E-state index contributed by atoms with van der Waals surface area (Å²) in [7, 11) is -3.51. The highest BCUT2D eigenvalue weighted by Crippen LogP contribution is 2.30. The van der Waals surface area contributed by atoms with Gasteiger partial charge in [0.1, 0.15) is 6.10 Å². The second-order valence-electron chi connectivity index (χ2n) is 11.9. The molecule has 0 saturated carbocycles. The molecule has 3 aromatic rings. The maximum absolute atomic E-state index is 13.3. The lowest BCUT2D eigenvalue weighted by molar-refractivity contribution is 0.0527. The number of morpholine rings is 1. The minimum atomic E-state index is -3.51. The van der Waals surface area contributed by atoms with Crippen LogP contribution in [0.15, 0.2) is 83.8 Å². The van der Waals surface area contributed by atoms with Gasteiger partial charge in [-0.1, -0.05) is 75.4 Å². The molecule has 0 spiro atoms. The molecule has 2 aliphatic heterocycles. The van der Waals surface area contributed by atoms with Crippen LogP contribution < -0.4 is 4.90 Å². The molecule has 0 amide bonds. The lowest BCUT2D eigenvalue weighted by Gasteiger charge is -2.34. The van der Waals surface area contributed by atoms with Crippen molar-refractivity contribution in [1.29, 1.82) is 0 Å². The van der Waals surface area contributed by atoms with Crippen molar-refractivity contribution in [3.05, 3.63) is 95.6 Å². The first-order valence-corrected chi connectivity index (χ1v) is 16.6. The summed E-state index contributed by atoms with van der Waals surface area (Å²) in [6, 6.07) is 26.5. The molecule has 5 rings (SSSR count). The fourth-order valence-electron chi connectivity index (χ4n) is 5.62. The number of rotatable bonds is 11. The first-order valence-electron chi connectivity index (χ1n) is 15.2. The fourth-order valence-corrected chi connectivity index (χ4v) is 7.04. The molecule has 3 aromatic carbocycles. The van der Waals surface area contributed by atoms with Gasteiger partial charge in [-0.2, -0.15) is 4.31 Å². The first-order chi connectivity index (χ1) is 20.3. The van der Waals surface area contributed by atoms with Crippen molar-refractivity contribution in [2.75, 3.05) is 70.5 Å². The predicted octanol–water partition coefficient (Wildman–Crippen LogP) is 5.32. The normalized spacial score (nSPS) is 18.2. The first kappa shape index (κ1) is 30.7. The van der Waals surface area contributed by atoms with E-state index in [-0.39, 0.29) is 11.5 Å². The third-order valence-corrected chi connectivity index (χ3v) is 10.8. The third kappa shape index (κ3) is 7.24. The quantitative estimate of drug-likeness (QED) is 0.301. The van der Waals surface area contributed by atoms with Crippen molar-refractivity contribution in [1.82, 2.24) is 9.21 Å². The van der Waals surface area contributed by atoms with Crippen molar-refractivity contribution >= 4 is 15.7 Å². The van der Waals surface area contributed by atoms with Gasteiger partial charge in [0, 0.05) is 51.5 Å². The zero-order valence-electron chi connectivity index (χ0n) is 25.2. The second kappa shape index (κ2) is 13.7. The molecule has 8 heteroatoms. The average molecular weight is 592 g/mol. The van der Waals surface area contributed by atoms with E-state index in [1.165, 1.54) is 5.69 Å². The van der Waals surface area contributed by atoms with Crippen LogP contribution in [0.4, 0.5) is 5.69 Å². The second-order valence-corrected chi connectivity index (χ2v) is 13.8. The monoisotopic (exact) mass is 591 g/mol. The van der Waals surface area contributed by atoms with Crippen LogP contribution in [-0.4, -0.2) is 83.3 Å². The van der Waals surface area contributed by atoms with E-state index in [0.717, 1.165) is 56.0 Å². The third-order valence-electron chi connectivity index (χ3n) is 8.86. The van der Waals surface area contributed by atoms with Crippen LogP contribution in [0.5, 0.6) is 0 Å². The van der Waals surface area contributed by atoms with Gasteiger partial charge in [-0.05, 0) is 52.8 Å². The van der Waals surface area contributed by atoms with Crippen molar-refractivity contribution in [3.63, 3.8) is 0 Å². The summed E-state index contributed by atoms with van der Waals surface area (Å²) >= 11 is 0. The number of piperazine rings is 1. The highest BCUT2D eigenvalue weighted by molar-refractivity contribution is 7.89. The summed E-state index contributed by atoms with van der Waals surface area (Å²) in [6.45, 7) is 13.5. The maximum Gasteiger partial charge on any atom is 0.243 e. The summed E-state index contributed by atoms with van der Waals surface area (Å²) in [4.78, 5) is 5.02. The van der Waals surface area contributed by atoms with E-state index < -0.39 is 10.0 Å². The molecule has 226 valence electrons. The molecule has 0 aliphatic carbocycles. The molecular weight excluding hydrogens is 546 g/mol. The van der Waals surface area contributed by atoms with E-state index in [1.54, 1.807) is 16.4 Å². The van der Waals surface area contributed by atoms with Crippen molar-refractivity contribution in [2.45, 2.75) is 43.6 Å². The topological polar surface area (TPSA) is 62.3 Å². The molecule has 0 bridgehead atoms. The predicted molar refractivity (Wildman–Crippen MR) is 169 cm³/mol. The van der Waals surface area contributed by atoms with Crippen LogP contribution in [0.3, 0.4) is 0 Å². The number of anilines is 1. The smallest absolute Gasteiger partial charge is 0.243 e. The Bertz CT molecular complexity index is 1360. The summed E-state index contributed by atoms with van der Waals surface area (Å²) in [5.74, 6) is 0. The molecule has 42 heavy (non-hydrogen) atoms. The van der Waals surface area contributed by atoms with Gasteiger partial charge in [-0.15, -0.1) is 0 Å². The summed E-state index contributed by atoms with van der Waals surface area (Å²) < 4.78 is 40.3. The van der Waals surface area contributed by atoms with E-state index >= 15 is 0 Å². The lowest BCUT2D eigenvalue weighted by Crippen LogP contribution is -2.49. The molecule has 1 unspecified atom stereocenters. The standard InChI is InChI=1S/C34H45N3O4S/c1-4-34(2,3)30-12-16-32(17-13-30)42(38,39)37-20-18-35(19-21-37)22-27-41-33(28-8-6-5-7-9-28)29-10-14-31(15-11-29)36-23-25-40-26-24-36/h5-17,33H,4,18-27H2,1-3H3. The summed E-state index contributed by atoms with van der Waals surface area (Å²) in [5.41, 5.74) is 4.66. The van der Waals surface area contributed by atoms with E-state index in [1.807, 2.05) is 30.3 Å². The number of sulfonamides is 1. The number of benzene rings is 3. The van der Waals surface area contributed by atoms with Crippen LogP contribution in [0.2, 0.25) is 0 Å². The SMILES string of the molecule is CCC(C)(C)c1ccc(S(=O)(=O)N2CCN(CCOC(c3ccccc3)c3ccc(N4CCOCC4)cc3)CC2)cc1. The summed E-state index contributed by atoms with van der Waals surface area (Å²) in [5, 5.41) is 0. The Kier molecular flexibility index (Phi) is 10.0. The van der Waals surface area contributed by atoms with E-state index in [2.05, 4.69) is 67.0 Å². The molecule has 0 aromatic heterocycles. The van der Waals surface area contributed by atoms with E-state index in [4.69, 9.17) is 9.47 Å². The molecule has 7 nitrogen and oxygen atoms in total. The van der Waals surface area contributed by atoms with Gasteiger partial charge in [0.2, 0.25) is 10.0 Å². The van der Waals surface area contributed by atoms with Gasteiger partial charge in [0.25, 0.3) is 0 Å². The minimum absolute atomic E-state index is 0.0296. The molecular formula is C34H45N3O4S. The lowest BCUT2D eigenvalue weighted by atomic mass is 9.82. The van der Waals surface area contributed by atoms with Gasteiger partial charge in [-0.25, -0.2) is 8.42 Å². The Hall–Kier alpha value is -2.75. The average Bonchev–Trinajstić information content (AvgIpc) is 3.04. The zero-order chi connectivity index (χ0) is 29.6. The number of hydrogen-bond acceptors (Lipinski definition) is 6. The fraction of sp³-hybridized carbons (Fsp3) is 0.471. The van der Waals surface area contributed by atoms with Gasteiger partial charge in [0.15, 0.2) is 0 Å². The molecule has 0 N–H and O–H groups in total. The van der Waals surface area contributed by atoms with Crippen LogP contribution in [-0.2, 0) is 24.9 Å².